The molecular formula is C23H32N4O4. The van der Waals surface area contributed by atoms with Crippen molar-refractivity contribution in [1.29, 1.82) is 0 Å². The molecule has 0 saturated heterocycles. The van der Waals surface area contributed by atoms with Crippen molar-refractivity contribution in [3.05, 3.63) is 24.3 Å². The van der Waals surface area contributed by atoms with Crippen molar-refractivity contribution < 1.29 is 19.2 Å². The van der Waals surface area contributed by atoms with E-state index >= 15 is 0 Å². The van der Waals surface area contributed by atoms with Gasteiger partial charge in [-0.1, -0.05) is 52.2 Å². The molecule has 3 rings (SSSR count). The van der Waals surface area contributed by atoms with Gasteiger partial charge in [0.25, 0.3) is 0 Å². The van der Waals surface area contributed by atoms with Crippen molar-refractivity contribution in [2.75, 3.05) is 22.9 Å². The minimum atomic E-state index is -1.14. The van der Waals surface area contributed by atoms with Crippen molar-refractivity contribution in [2.24, 2.45) is 17.1 Å². The van der Waals surface area contributed by atoms with E-state index < -0.39 is 29.2 Å². The van der Waals surface area contributed by atoms with Gasteiger partial charge in [0.05, 0.1) is 17.9 Å². The molecule has 0 bridgehead atoms. The third kappa shape index (κ3) is 5.06. The topological polar surface area (TPSA) is 113 Å². The van der Waals surface area contributed by atoms with Crippen LogP contribution in [0, 0.1) is 11.3 Å². The number of urea groups is 1. The quantitative estimate of drug-likeness (QED) is 0.716. The molecule has 1 fully saturated rings. The lowest BCUT2D eigenvalue weighted by molar-refractivity contribution is -0.134. The van der Waals surface area contributed by atoms with E-state index in [1.165, 1.54) is 11.3 Å². The van der Waals surface area contributed by atoms with Crippen LogP contribution in [0.4, 0.5) is 16.2 Å². The maximum Gasteiger partial charge on any atom is 0.318 e. The minimum Gasteiger partial charge on any atom is -0.366 e. The number of hydrogen-bond donors (Lipinski definition) is 2. The second kappa shape index (κ2) is 9.08. The molecule has 1 atom stereocenters. The van der Waals surface area contributed by atoms with E-state index in [0.717, 1.165) is 31.4 Å². The summed E-state index contributed by atoms with van der Waals surface area (Å²) in [6, 6.07) is 6.65. The lowest BCUT2D eigenvalue weighted by Gasteiger charge is -2.37. The number of nitrogens with zero attached hydrogens (tertiary/aromatic N) is 2. The summed E-state index contributed by atoms with van der Waals surface area (Å²) in [6.45, 7) is 5.40. The standard InChI is InChI=1S/C23H32N4O4/c1-23(2,3)19(28)14-27-18-12-8-7-11-17(18)26(15-9-5-4-6-10-15)13-16(21(27)30)20(29)25-22(24)31/h7-8,11-12,15-16H,4-6,9-10,13-14H2,1-3H3,(H3,24,25,29,31). The number of fused-ring (bicyclic) bond motifs is 1. The Bertz CT molecular complexity index is 871. The van der Waals surface area contributed by atoms with Gasteiger partial charge in [0, 0.05) is 18.0 Å². The van der Waals surface area contributed by atoms with Crippen LogP contribution in [0.5, 0.6) is 0 Å². The van der Waals surface area contributed by atoms with Gasteiger partial charge in [-0.25, -0.2) is 4.79 Å². The Kier molecular flexibility index (Phi) is 6.67. The van der Waals surface area contributed by atoms with Crippen LogP contribution in [0.1, 0.15) is 52.9 Å². The van der Waals surface area contributed by atoms with Gasteiger partial charge in [0.15, 0.2) is 5.78 Å². The highest BCUT2D eigenvalue weighted by molar-refractivity contribution is 6.15. The van der Waals surface area contributed by atoms with Crippen molar-refractivity contribution in [3.8, 4) is 0 Å². The highest BCUT2D eigenvalue weighted by Crippen LogP contribution is 2.38. The molecular weight excluding hydrogens is 396 g/mol. The third-order valence-corrected chi connectivity index (χ3v) is 6.14. The fourth-order valence-corrected chi connectivity index (χ4v) is 4.30. The molecule has 0 aromatic heterocycles. The van der Waals surface area contributed by atoms with E-state index in [1.54, 1.807) is 20.8 Å². The zero-order valence-electron chi connectivity index (χ0n) is 18.5. The van der Waals surface area contributed by atoms with Gasteiger partial charge in [0.1, 0.15) is 5.92 Å². The molecule has 1 aromatic carbocycles. The van der Waals surface area contributed by atoms with Crippen molar-refractivity contribution in [1.82, 2.24) is 5.32 Å². The molecule has 4 amide bonds. The second-order valence-corrected chi connectivity index (χ2v) is 9.44. The van der Waals surface area contributed by atoms with E-state index in [0.29, 0.717) is 5.69 Å². The summed E-state index contributed by atoms with van der Waals surface area (Å²) in [5.74, 6) is -2.49. The van der Waals surface area contributed by atoms with Gasteiger partial charge >= 0.3 is 6.03 Å². The molecule has 0 spiro atoms. The first kappa shape index (κ1) is 22.8. The average molecular weight is 429 g/mol. The number of rotatable bonds is 4. The van der Waals surface area contributed by atoms with Crippen molar-refractivity contribution >= 4 is 35.0 Å². The molecule has 1 aromatic rings. The summed E-state index contributed by atoms with van der Waals surface area (Å²) in [7, 11) is 0. The Morgan fingerprint density at radius 1 is 1.06 bits per heavy atom. The first-order valence-corrected chi connectivity index (χ1v) is 10.9. The third-order valence-electron chi connectivity index (χ3n) is 6.14. The normalized spacial score (nSPS) is 20.1. The first-order valence-electron chi connectivity index (χ1n) is 10.9. The predicted molar refractivity (Wildman–Crippen MR) is 119 cm³/mol. The predicted octanol–water partition coefficient (Wildman–Crippen LogP) is 2.60. The van der Waals surface area contributed by atoms with Crippen molar-refractivity contribution in [3.63, 3.8) is 0 Å². The molecule has 2 aliphatic rings. The summed E-state index contributed by atoms with van der Waals surface area (Å²) in [5.41, 5.74) is 5.96. The van der Waals surface area contributed by atoms with Gasteiger partial charge in [-0.3, -0.25) is 19.7 Å². The average Bonchev–Trinajstić information content (AvgIpc) is 2.83. The molecule has 1 unspecified atom stereocenters. The number of benzene rings is 1. The number of nitrogens with two attached hydrogens (primary N) is 1. The van der Waals surface area contributed by atoms with E-state index in [9.17, 15) is 19.2 Å². The molecule has 1 heterocycles. The zero-order valence-corrected chi connectivity index (χ0v) is 18.5. The van der Waals surface area contributed by atoms with Crippen LogP contribution < -0.4 is 20.9 Å². The van der Waals surface area contributed by atoms with E-state index in [4.69, 9.17) is 5.73 Å². The van der Waals surface area contributed by atoms with Gasteiger partial charge in [0.2, 0.25) is 11.8 Å². The summed E-state index contributed by atoms with van der Waals surface area (Å²) in [4.78, 5) is 54.1. The first-order chi connectivity index (χ1) is 14.6. The number of hydrogen-bond acceptors (Lipinski definition) is 5. The number of Topliss-reactive ketones (excluding diaryl/α,β-unsaturated/α-hetero) is 1. The summed E-state index contributed by atoms with van der Waals surface area (Å²) in [6.07, 6.45) is 5.27. The Labute approximate surface area is 183 Å². The highest BCUT2D eigenvalue weighted by Gasteiger charge is 2.41. The van der Waals surface area contributed by atoms with Crippen LogP contribution in [0.15, 0.2) is 24.3 Å². The molecule has 1 aliphatic heterocycles. The smallest absolute Gasteiger partial charge is 0.318 e. The highest BCUT2D eigenvalue weighted by atomic mass is 16.2. The number of primary amides is 1. The number of para-hydroxylation sites is 2. The van der Waals surface area contributed by atoms with Crippen LogP contribution in [0.2, 0.25) is 0 Å². The summed E-state index contributed by atoms with van der Waals surface area (Å²) >= 11 is 0. The molecule has 0 radical (unpaired) electrons. The molecule has 8 heteroatoms. The molecule has 3 N–H and O–H groups in total. The van der Waals surface area contributed by atoms with Gasteiger partial charge in [-0.15, -0.1) is 0 Å². The lowest BCUT2D eigenvalue weighted by Crippen LogP contribution is -2.51. The van der Waals surface area contributed by atoms with Gasteiger partial charge in [-0.05, 0) is 25.0 Å². The number of anilines is 2. The van der Waals surface area contributed by atoms with E-state index in [-0.39, 0.29) is 24.9 Å². The number of nitrogens with one attached hydrogen (secondary N) is 1. The number of carbonyl (C=O) groups is 4. The maximum absolute atomic E-state index is 13.6. The fourth-order valence-electron chi connectivity index (χ4n) is 4.30. The Morgan fingerprint density at radius 2 is 1.68 bits per heavy atom. The maximum atomic E-state index is 13.6. The Balaban J connectivity index is 2.07. The van der Waals surface area contributed by atoms with Gasteiger partial charge in [-0.2, -0.15) is 0 Å². The molecule has 31 heavy (non-hydrogen) atoms. The Morgan fingerprint density at radius 3 is 2.26 bits per heavy atom. The van der Waals surface area contributed by atoms with Crippen LogP contribution in [-0.4, -0.2) is 42.8 Å². The van der Waals surface area contributed by atoms with Crippen LogP contribution in [0.3, 0.4) is 0 Å². The molecule has 1 aliphatic carbocycles. The summed E-state index contributed by atoms with van der Waals surface area (Å²) in [5, 5.41) is 2.07. The number of imide groups is 1. The number of ketones is 1. The number of amides is 4. The second-order valence-electron chi connectivity index (χ2n) is 9.44. The Hall–Kier alpha value is -2.90. The van der Waals surface area contributed by atoms with Crippen LogP contribution in [0.25, 0.3) is 0 Å². The monoisotopic (exact) mass is 428 g/mol. The lowest BCUT2D eigenvalue weighted by atomic mass is 9.90. The molecule has 1 saturated carbocycles. The molecule has 8 nitrogen and oxygen atoms in total. The van der Waals surface area contributed by atoms with E-state index in [1.807, 2.05) is 24.3 Å². The summed E-state index contributed by atoms with van der Waals surface area (Å²) < 4.78 is 0. The van der Waals surface area contributed by atoms with Crippen molar-refractivity contribution in [2.45, 2.75) is 58.9 Å². The fraction of sp³-hybridized carbons (Fsp3) is 0.565. The molecule has 168 valence electrons. The zero-order chi connectivity index (χ0) is 22.8. The van der Waals surface area contributed by atoms with Crippen LogP contribution in [-0.2, 0) is 14.4 Å². The minimum absolute atomic E-state index is 0.115. The van der Waals surface area contributed by atoms with Crippen LogP contribution >= 0.6 is 0 Å². The van der Waals surface area contributed by atoms with Gasteiger partial charge < -0.3 is 15.5 Å². The van der Waals surface area contributed by atoms with E-state index in [2.05, 4.69) is 10.2 Å². The SMILES string of the molecule is CC(C)(C)C(=O)CN1C(=O)C(C(=O)NC(N)=O)CN(C2CCCCC2)c2ccccc21. The number of carbonyl (C=O) groups excluding carboxylic acids is 4. The largest absolute Gasteiger partial charge is 0.366 e.